The second kappa shape index (κ2) is 7.22. The average molecular weight is 428 g/mol. The fourth-order valence-electron chi connectivity index (χ4n) is 5.68. The third-order valence-corrected chi connectivity index (χ3v) is 8.00. The van der Waals surface area contributed by atoms with Crippen LogP contribution in [0.15, 0.2) is 72.9 Å². The predicted molar refractivity (Wildman–Crippen MR) is 141 cm³/mol. The van der Waals surface area contributed by atoms with E-state index in [2.05, 4.69) is 86.1 Å². The van der Waals surface area contributed by atoms with Gasteiger partial charge in [0.15, 0.2) is 0 Å². The number of hydrogen-bond acceptors (Lipinski definition) is 1. The summed E-state index contributed by atoms with van der Waals surface area (Å²) in [4.78, 5) is 4.79. The molecular weight excluding hydrogens is 399 g/mol. The summed E-state index contributed by atoms with van der Waals surface area (Å²) in [5.74, 6) is 0. The number of fused-ring (bicyclic) bond motifs is 5. The maximum atomic E-state index is 6.95. The van der Waals surface area contributed by atoms with Crippen molar-refractivity contribution in [2.75, 3.05) is 0 Å². The highest BCUT2D eigenvalue weighted by molar-refractivity contribution is 6.19. The molecule has 0 amide bonds. The molecule has 2 heterocycles. The van der Waals surface area contributed by atoms with Crippen molar-refractivity contribution in [3.8, 4) is 11.3 Å². The summed E-state index contributed by atoms with van der Waals surface area (Å²) in [5.41, 5.74) is 6.30. The molecule has 0 saturated heterocycles. The first-order chi connectivity index (χ1) is 15.8. The lowest BCUT2D eigenvalue weighted by atomic mass is 9.53. The van der Waals surface area contributed by atoms with E-state index in [0.29, 0.717) is 5.41 Å². The standard InChI is InChI=1S/C30H29BN2/c1-29(2)13-15-30(31,16-14-29)22-10-12-23-21(17-22)9-11-24-25-19-32-26(20-7-5-4-6-8-20)18-27(25)33(3)28(23)24/h4-12,17-19H,13-16H2,1-3H3. The van der Waals surface area contributed by atoms with E-state index in [1.807, 2.05) is 12.3 Å². The Morgan fingerprint density at radius 1 is 0.818 bits per heavy atom. The van der Waals surface area contributed by atoms with E-state index in [0.717, 1.165) is 24.1 Å². The molecular formula is C30H29BN2. The maximum absolute atomic E-state index is 6.95. The second-order valence-corrected chi connectivity index (χ2v) is 10.7. The van der Waals surface area contributed by atoms with Crippen molar-refractivity contribution in [3.63, 3.8) is 0 Å². The Kier molecular flexibility index (Phi) is 4.49. The van der Waals surface area contributed by atoms with Crippen molar-refractivity contribution in [1.82, 2.24) is 9.55 Å². The quantitative estimate of drug-likeness (QED) is 0.266. The van der Waals surface area contributed by atoms with E-state index in [-0.39, 0.29) is 5.31 Å². The molecule has 3 aromatic carbocycles. The lowest BCUT2D eigenvalue weighted by Crippen LogP contribution is -2.35. The van der Waals surface area contributed by atoms with Crippen LogP contribution in [0.3, 0.4) is 0 Å². The highest BCUT2D eigenvalue weighted by Gasteiger charge is 2.35. The van der Waals surface area contributed by atoms with Crippen LogP contribution >= 0.6 is 0 Å². The maximum Gasteiger partial charge on any atom is 0.0810 e. The van der Waals surface area contributed by atoms with Gasteiger partial charge in [-0.2, -0.15) is 0 Å². The Morgan fingerprint density at radius 2 is 1.55 bits per heavy atom. The highest BCUT2D eigenvalue weighted by atomic mass is 14.9. The van der Waals surface area contributed by atoms with Crippen LogP contribution in [0.5, 0.6) is 0 Å². The zero-order chi connectivity index (χ0) is 22.8. The van der Waals surface area contributed by atoms with E-state index >= 15 is 0 Å². The number of pyridine rings is 1. The smallest absolute Gasteiger partial charge is 0.0810 e. The van der Waals surface area contributed by atoms with E-state index in [1.54, 1.807) is 0 Å². The number of benzene rings is 3. The number of aryl methyl sites for hydroxylation is 1. The second-order valence-electron chi connectivity index (χ2n) is 10.7. The monoisotopic (exact) mass is 428 g/mol. The van der Waals surface area contributed by atoms with Crippen LogP contribution in [0.1, 0.15) is 45.1 Å². The fraction of sp³-hybridized carbons (Fsp3) is 0.300. The van der Waals surface area contributed by atoms with Gasteiger partial charge in [-0.15, -0.1) is 0 Å². The van der Waals surface area contributed by atoms with Gasteiger partial charge >= 0.3 is 0 Å². The number of nitrogens with zero attached hydrogens (tertiary/aromatic N) is 2. The Hall–Kier alpha value is -3.07. The van der Waals surface area contributed by atoms with Gasteiger partial charge in [0.1, 0.15) is 0 Å². The van der Waals surface area contributed by atoms with Gasteiger partial charge < -0.3 is 4.57 Å². The molecule has 0 N–H and O–H groups in total. The molecule has 1 fully saturated rings. The van der Waals surface area contributed by atoms with Gasteiger partial charge in [-0.05, 0) is 40.6 Å². The normalized spacial score (nSPS) is 17.7. The summed E-state index contributed by atoms with van der Waals surface area (Å²) in [6.45, 7) is 4.73. The number of aromatic nitrogens is 2. The van der Waals surface area contributed by atoms with Crippen LogP contribution in [-0.2, 0) is 12.4 Å². The highest BCUT2D eigenvalue weighted by Crippen LogP contribution is 2.45. The van der Waals surface area contributed by atoms with Crippen molar-refractivity contribution in [1.29, 1.82) is 0 Å². The van der Waals surface area contributed by atoms with Gasteiger partial charge in [0.05, 0.1) is 24.6 Å². The fourth-order valence-corrected chi connectivity index (χ4v) is 5.68. The summed E-state index contributed by atoms with van der Waals surface area (Å²) < 4.78 is 2.32. The topological polar surface area (TPSA) is 17.8 Å². The molecule has 33 heavy (non-hydrogen) atoms. The van der Waals surface area contributed by atoms with E-state index < -0.39 is 0 Å². The molecule has 5 aromatic rings. The molecule has 0 spiro atoms. The molecule has 0 aliphatic heterocycles. The minimum Gasteiger partial charge on any atom is -0.343 e. The third-order valence-electron chi connectivity index (χ3n) is 8.00. The minimum atomic E-state index is -0.216. The summed E-state index contributed by atoms with van der Waals surface area (Å²) in [6, 6.07) is 24.0. The zero-order valence-corrected chi connectivity index (χ0v) is 19.7. The van der Waals surface area contributed by atoms with Gasteiger partial charge in [-0.3, -0.25) is 4.98 Å². The molecule has 6 rings (SSSR count). The molecule has 1 aliphatic rings. The lowest BCUT2D eigenvalue weighted by molar-refractivity contribution is 0.206. The van der Waals surface area contributed by atoms with E-state index in [1.165, 1.54) is 51.0 Å². The average Bonchev–Trinajstić information content (AvgIpc) is 3.13. The third kappa shape index (κ3) is 3.29. The molecule has 0 unspecified atom stereocenters. The van der Waals surface area contributed by atoms with Crippen LogP contribution < -0.4 is 0 Å². The Bertz CT molecular complexity index is 1500. The molecule has 1 aliphatic carbocycles. The molecule has 2 aromatic heterocycles. The molecule has 2 radical (unpaired) electrons. The van der Waals surface area contributed by atoms with Crippen LogP contribution in [0.4, 0.5) is 0 Å². The van der Waals surface area contributed by atoms with Crippen LogP contribution in [0.2, 0.25) is 0 Å². The van der Waals surface area contributed by atoms with Gasteiger partial charge in [0.25, 0.3) is 0 Å². The lowest BCUT2D eigenvalue weighted by Gasteiger charge is -2.42. The minimum absolute atomic E-state index is 0.216. The summed E-state index contributed by atoms with van der Waals surface area (Å²) in [5, 5.41) is 4.77. The molecule has 0 bridgehead atoms. The Morgan fingerprint density at radius 3 is 2.30 bits per heavy atom. The Labute approximate surface area is 197 Å². The van der Waals surface area contributed by atoms with Crippen molar-refractivity contribution in [2.24, 2.45) is 12.5 Å². The molecule has 2 nitrogen and oxygen atoms in total. The van der Waals surface area contributed by atoms with Gasteiger partial charge in [0, 0.05) is 35.0 Å². The molecule has 1 saturated carbocycles. The number of hydrogen-bond donors (Lipinski definition) is 0. The number of rotatable bonds is 2. The Balaban J connectivity index is 1.49. The largest absolute Gasteiger partial charge is 0.343 e. The van der Waals surface area contributed by atoms with Crippen LogP contribution in [0.25, 0.3) is 43.8 Å². The molecule has 3 heteroatoms. The van der Waals surface area contributed by atoms with Crippen LogP contribution in [0, 0.1) is 5.41 Å². The van der Waals surface area contributed by atoms with E-state index in [4.69, 9.17) is 12.8 Å². The predicted octanol–water partition coefficient (Wildman–Crippen LogP) is 7.51. The first-order valence-electron chi connectivity index (χ1n) is 12.0. The summed E-state index contributed by atoms with van der Waals surface area (Å²) in [6.07, 6.45) is 6.49. The van der Waals surface area contributed by atoms with Crippen molar-refractivity contribution in [2.45, 2.75) is 44.8 Å². The molecule has 0 atom stereocenters. The summed E-state index contributed by atoms with van der Waals surface area (Å²) in [7, 11) is 9.12. The molecule has 162 valence electrons. The van der Waals surface area contributed by atoms with E-state index in [9.17, 15) is 0 Å². The summed E-state index contributed by atoms with van der Waals surface area (Å²) >= 11 is 0. The van der Waals surface area contributed by atoms with Crippen molar-refractivity contribution in [3.05, 3.63) is 78.5 Å². The first kappa shape index (κ1) is 20.5. The van der Waals surface area contributed by atoms with Crippen molar-refractivity contribution < 1.29 is 0 Å². The SMILES string of the molecule is [B]C1(c2ccc3c(ccc4c5cnc(-c6ccccc6)cc5n(C)c34)c2)CCC(C)(C)CC1. The van der Waals surface area contributed by atoms with Gasteiger partial charge in [-0.1, -0.05) is 87.4 Å². The van der Waals surface area contributed by atoms with Crippen LogP contribution in [-0.4, -0.2) is 17.4 Å². The van der Waals surface area contributed by atoms with Gasteiger partial charge in [0.2, 0.25) is 0 Å². The van der Waals surface area contributed by atoms with Gasteiger partial charge in [-0.25, -0.2) is 0 Å². The zero-order valence-electron chi connectivity index (χ0n) is 19.7. The first-order valence-corrected chi connectivity index (χ1v) is 12.0. The van der Waals surface area contributed by atoms with Crippen molar-refractivity contribution >= 4 is 40.4 Å².